The molecule has 3 N–H and O–H groups in total. The predicted molar refractivity (Wildman–Crippen MR) is 199 cm³/mol. The minimum Gasteiger partial charge on any atom is -0.494 e. The molecule has 8 heteroatoms. The summed E-state index contributed by atoms with van der Waals surface area (Å²) in [6.45, 7) is 4.74. The fourth-order valence-electron chi connectivity index (χ4n) is 4.90. The molecule has 0 radical (unpaired) electrons. The van der Waals surface area contributed by atoms with Crippen LogP contribution in [0.1, 0.15) is 52.1 Å². The molecular weight excluding hydrogens is 631 g/mol. The Morgan fingerprint density at radius 2 is 1.41 bits per heavy atom. The highest BCUT2D eigenvalue weighted by atomic mass is 32.2. The summed E-state index contributed by atoms with van der Waals surface area (Å²) >= 11 is 1.41. The Bertz CT molecular complexity index is 1880. The molecule has 0 heterocycles. The normalized spacial score (nSPS) is 11.7. The minimum absolute atomic E-state index is 0.110. The van der Waals surface area contributed by atoms with E-state index in [1.54, 1.807) is 42.5 Å². The number of anilines is 2. The molecule has 1 unspecified atom stereocenters. The second-order valence-corrected chi connectivity index (χ2v) is 12.6. The van der Waals surface area contributed by atoms with Gasteiger partial charge < -0.3 is 20.7 Å². The van der Waals surface area contributed by atoms with Crippen molar-refractivity contribution in [1.29, 1.82) is 0 Å². The largest absolute Gasteiger partial charge is 0.494 e. The summed E-state index contributed by atoms with van der Waals surface area (Å²) in [6, 6.07) is 40.7. The number of thioether (sulfide) groups is 1. The minimum atomic E-state index is -0.529. The molecule has 0 fully saturated rings. The van der Waals surface area contributed by atoms with Crippen molar-refractivity contribution in [3.8, 4) is 5.75 Å². The average Bonchev–Trinajstić information content (AvgIpc) is 3.12. The van der Waals surface area contributed by atoms with E-state index in [0.717, 1.165) is 40.2 Å². The van der Waals surface area contributed by atoms with Crippen molar-refractivity contribution in [2.24, 2.45) is 0 Å². The molecule has 248 valence electrons. The van der Waals surface area contributed by atoms with Crippen molar-refractivity contribution >= 4 is 46.9 Å². The molecule has 7 nitrogen and oxygen atoms in total. The maximum atomic E-state index is 13.6. The van der Waals surface area contributed by atoms with E-state index >= 15 is 0 Å². The second-order valence-electron chi connectivity index (χ2n) is 11.4. The summed E-state index contributed by atoms with van der Waals surface area (Å²) in [6.07, 6.45) is 3.70. The van der Waals surface area contributed by atoms with E-state index in [1.807, 2.05) is 104 Å². The van der Waals surface area contributed by atoms with Crippen molar-refractivity contribution in [2.75, 3.05) is 17.2 Å². The van der Waals surface area contributed by atoms with Crippen LogP contribution in [0.25, 0.3) is 6.08 Å². The number of benzene rings is 5. The third-order valence-electron chi connectivity index (χ3n) is 7.48. The molecule has 49 heavy (non-hydrogen) atoms. The lowest BCUT2D eigenvalue weighted by Crippen LogP contribution is -2.30. The Labute approximate surface area is 291 Å². The number of nitrogens with one attached hydrogen (secondary N) is 3. The van der Waals surface area contributed by atoms with Crippen LogP contribution in [0, 0.1) is 6.92 Å². The SMILES string of the molecule is CCCCOc1ccc(NC(=O)C(Sc2ccc(NC(=O)/C(=C/c3cccc(C)c3)NC(=O)c3ccccc3)cc2)c2ccccc2)cc1. The first-order valence-electron chi connectivity index (χ1n) is 16.2. The summed E-state index contributed by atoms with van der Waals surface area (Å²) in [5, 5.41) is 8.19. The smallest absolute Gasteiger partial charge is 0.272 e. The molecule has 0 aliphatic heterocycles. The quantitative estimate of drug-likeness (QED) is 0.0623. The topological polar surface area (TPSA) is 96.5 Å². The van der Waals surface area contributed by atoms with Crippen LogP contribution < -0.4 is 20.7 Å². The zero-order valence-electron chi connectivity index (χ0n) is 27.5. The van der Waals surface area contributed by atoms with Crippen molar-refractivity contribution in [1.82, 2.24) is 5.32 Å². The van der Waals surface area contributed by atoms with Crippen LogP contribution in [0.2, 0.25) is 0 Å². The van der Waals surface area contributed by atoms with Gasteiger partial charge >= 0.3 is 0 Å². The second kappa shape index (κ2) is 17.5. The van der Waals surface area contributed by atoms with Gasteiger partial charge in [-0.15, -0.1) is 11.8 Å². The van der Waals surface area contributed by atoms with Crippen LogP contribution in [0.4, 0.5) is 11.4 Å². The number of unbranched alkanes of at least 4 members (excludes halogenated alkanes) is 1. The Morgan fingerprint density at radius 1 is 0.755 bits per heavy atom. The summed E-state index contributed by atoms with van der Waals surface area (Å²) in [4.78, 5) is 40.9. The summed E-state index contributed by atoms with van der Waals surface area (Å²) in [5.41, 5.74) is 4.45. The van der Waals surface area contributed by atoms with Crippen molar-refractivity contribution in [2.45, 2.75) is 36.8 Å². The van der Waals surface area contributed by atoms with E-state index in [0.29, 0.717) is 23.5 Å². The van der Waals surface area contributed by atoms with Gasteiger partial charge in [0.05, 0.1) is 6.61 Å². The van der Waals surface area contributed by atoms with Gasteiger partial charge in [-0.2, -0.15) is 0 Å². The maximum absolute atomic E-state index is 13.6. The van der Waals surface area contributed by atoms with Gasteiger partial charge in [-0.05, 0) is 91.2 Å². The highest BCUT2D eigenvalue weighted by molar-refractivity contribution is 8.00. The van der Waals surface area contributed by atoms with E-state index in [-0.39, 0.29) is 17.5 Å². The molecule has 5 rings (SSSR count). The zero-order chi connectivity index (χ0) is 34.4. The Balaban J connectivity index is 1.29. The average molecular weight is 670 g/mol. The standard InChI is InChI=1S/C41H39N3O4S/c1-3-4-26-48-35-22-18-33(19-23-35)43-41(47)38(31-14-7-5-8-15-31)49-36-24-20-34(21-25-36)42-40(46)37(28-30-13-11-12-29(2)27-30)44-39(45)32-16-9-6-10-17-32/h5-25,27-28,38H,3-4,26H2,1-2H3,(H,42,46)(H,43,47)(H,44,45)/b37-28-. The molecule has 5 aromatic rings. The van der Waals surface area contributed by atoms with Gasteiger partial charge in [0.15, 0.2) is 0 Å². The first kappa shape index (κ1) is 34.7. The number of amides is 3. The molecular formula is C41H39N3O4S. The van der Waals surface area contributed by atoms with Crippen molar-refractivity contribution in [3.05, 3.63) is 161 Å². The van der Waals surface area contributed by atoms with Crippen LogP contribution in [0.15, 0.2) is 144 Å². The highest BCUT2D eigenvalue weighted by Gasteiger charge is 2.23. The van der Waals surface area contributed by atoms with E-state index in [9.17, 15) is 14.4 Å². The summed E-state index contributed by atoms with van der Waals surface area (Å²) in [7, 11) is 0. The Morgan fingerprint density at radius 3 is 2.08 bits per heavy atom. The summed E-state index contributed by atoms with van der Waals surface area (Å²) in [5.74, 6) is -0.241. The molecule has 0 bridgehead atoms. The Hall–Kier alpha value is -5.60. The van der Waals surface area contributed by atoms with E-state index in [4.69, 9.17) is 4.74 Å². The van der Waals surface area contributed by atoms with Gasteiger partial charge in [0.25, 0.3) is 11.8 Å². The molecule has 0 spiro atoms. The van der Waals surface area contributed by atoms with E-state index in [2.05, 4.69) is 22.9 Å². The lowest BCUT2D eigenvalue weighted by Gasteiger charge is -2.18. The van der Waals surface area contributed by atoms with Crippen LogP contribution in [0.3, 0.4) is 0 Å². The number of hydrogen-bond acceptors (Lipinski definition) is 5. The van der Waals surface area contributed by atoms with Gasteiger partial charge in [-0.1, -0.05) is 91.7 Å². The van der Waals surface area contributed by atoms with Gasteiger partial charge in [0, 0.05) is 21.8 Å². The third-order valence-corrected chi connectivity index (χ3v) is 8.74. The van der Waals surface area contributed by atoms with E-state index in [1.165, 1.54) is 11.8 Å². The molecule has 0 aliphatic carbocycles. The van der Waals surface area contributed by atoms with E-state index < -0.39 is 11.2 Å². The van der Waals surface area contributed by atoms with Gasteiger partial charge in [0.1, 0.15) is 16.7 Å². The fourth-order valence-corrected chi connectivity index (χ4v) is 5.92. The van der Waals surface area contributed by atoms with Crippen molar-refractivity contribution < 1.29 is 19.1 Å². The molecule has 0 aliphatic rings. The van der Waals surface area contributed by atoms with Crippen LogP contribution in [0.5, 0.6) is 5.75 Å². The number of carbonyl (C=O) groups excluding carboxylic acids is 3. The van der Waals surface area contributed by atoms with Gasteiger partial charge in [0.2, 0.25) is 5.91 Å². The lowest BCUT2D eigenvalue weighted by molar-refractivity contribution is -0.116. The van der Waals surface area contributed by atoms with Gasteiger partial charge in [-0.3, -0.25) is 14.4 Å². The monoisotopic (exact) mass is 669 g/mol. The highest BCUT2D eigenvalue weighted by Crippen LogP contribution is 2.37. The van der Waals surface area contributed by atoms with Gasteiger partial charge in [-0.25, -0.2) is 0 Å². The van der Waals surface area contributed by atoms with Crippen LogP contribution in [-0.4, -0.2) is 24.3 Å². The fraction of sp³-hybridized carbons (Fsp3) is 0.146. The lowest BCUT2D eigenvalue weighted by atomic mass is 10.1. The molecule has 0 aromatic heterocycles. The number of aryl methyl sites for hydroxylation is 1. The predicted octanol–water partition coefficient (Wildman–Crippen LogP) is 9.06. The first-order chi connectivity index (χ1) is 23.9. The number of hydrogen-bond donors (Lipinski definition) is 3. The number of ether oxygens (including phenoxy) is 1. The molecule has 1 atom stereocenters. The molecule has 0 saturated heterocycles. The summed E-state index contributed by atoms with van der Waals surface area (Å²) < 4.78 is 5.75. The molecule has 3 amide bonds. The molecule has 5 aromatic carbocycles. The van der Waals surface area contributed by atoms with Crippen LogP contribution in [-0.2, 0) is 9.59 Å². The Kier molecular flexibility index (Phi) is 12.4. The number of rotatable bonds is 14. The number of carbonyl (C=O) groups is 3. The molecule has 0 saturated carbocycles. The van der Waals surface area contributed by atoms with Crippen molar-refractivity contribution in [3.63, 3.8) is 0 Å². The third kappa shape index (κ3) is 10.4. The first-order valence-corrected chi connectivity index (χ1v) is 17.1. The zero-order valence-corrected chi connectivity index (χ0v) is 28.3. The maximum Gasteiger partial charge on any atom is 0.272 e. The van der Waals surface area contributed by atoms with Crippen LogP contribution >= 0.6 is 11.8 Å².